The van der Waals surface area contributed by atoms with Crippen molar-refractivity contribution < 1.29 is 4.79 Å². The predicted molar refractivity (Wildman–Crippen MR) is 95.5 cm³/mol. The van der Waals surface area contributed by atoms with Gasteiger partial charge in [-0.05, 0) is 35.8 Å². The van der Waals surface area contributed by atoms with Crippen LogP contribution < -0.4 is 10.6 Å². The van der Waals surface area contributed by atoms with Crippen LogP contribution in [0.5, 0.6) is 0 Å². The number of benzene rings is 2. The highest BCUT2D eigenvalue weighted by molar-refractivity contribution is 5.75. The van der Waals surface area contributed by atoms with E-state index in [0.717, 1.165) is 17.5 Å². The second kappa shape index (κ2) is 6.52. The van der Waals surface area contributed by atoms with Crippen molar-refractivity contribution in [2.75, 3.05) is 0 Å². The van der Waals surface area contributed by atoms with Crippen LogP contribution in [-0.2, 0) is 0 Å². The van der Waals surface area contributed by atoms with E-state index < -0.39 is 0 Å². The maximum Gasteiger partial charge on any atom is 0.315 e. The van der Waals surface area contributed by atoms with Crippen LogP contribution in [0.15, 0.2) is 72.8 Å². The molecule has 24 heavy (non-hydrogen) atoms. The number of carbonyl (C=O) groups excluding carboxylic acids is 1. The minimum Gasteiger partial charge on any atom is -0.335 e. The topological polar surface area (TPSA) is 41.1 Å². The van der Waals surface area contributed by atoms with Crippen molar-refractivity contribution >= 4 is 6.03 Å². The van der Waals surface area contributed by atoms with Gasteiger partial charge in [0.2, 0.25) is 0 Å². The third-order valence-electron chi connectivity index (χ3n) is 5.14. The molecule has 3 atom stereocenters. The highest BCUT2D eigenvalue weighted by Gasteiger charge is 2.36. The van der Waals surface area contributed by atoms with Crippen LogP contribution in [0.1, 0.15) is 30.0 Å². The Morgan fingerprint density at radius 3 is 2.00 bits per heavy atom. The van der Waals surface area contributed by atoms with E-state index in [2.05, 4.69) is 47.1 Å². The molecule has 2 aromatic rings. The van der Waals surface area contributed by atoms with Gasteiger partial charge in [-0.15, -0.1) is 0 Å². The molecule has 0 spiro atoms. The standard InChI is InChI=1S/C21H22N2O/c24-21(22-19-14-15-11-12-18(19)13-15)23-20(16-7-3-1-4-8-16)17-9-5-2-6-10-17/h1-12,15,18-20H,13-14H2,(H2,22,23,24). The monoisotopic (exact) mass is 318 g/mol. The van der Waals surface area contributed by atoms with E-state index in [-0.39, 0.29) is 18.1 Å². The molecule has 0 heterocycles. The molecule has 2 aromatic carbocycles. The molecule has 2 bridgehead atoms. The van der Waals surface area contributed by atoms with Gasteiger partial charge in [-0.3, -0.25) is 0 Å². The zero-order chi connectivity index (χ0) is 16.4. The molecule has 122 valence electrons. The Kier molecular flexibility index (Phi) is 4.08. The van der Waals surface area contributed by atoms with Gasteiger partial charge in [0.15, 0.2) is 0 Å². The van der Waals surface area contributed by atoms with Gasteiger partial charge in [-0.25, -0.2) is 4.79 Å². The second-order valence-corrected chi connectivity index (χ2v) is 6.76. The number of allylic oxidation sites excluding steroid dienone is 1. The fourth-order valence-electron chi connectivity index (χ4n) is 3.94. The van der Waals surface area contributed by atoms with E-state index in [4.69, 9.17) is 0 Å². The Bertz CT molecular complexity index is 687. The largest absolute Gasteiger partial charge is 0.335 e. The summed E-state index contributed by atoms with van der Waals surface area (Å²) in [5.74, 6) is 1.16. The number of fused-ring (bicyclic) bond motifs is 2. The average Bonchev–Trinajstić information content (AvgIpc) is 3.24. The van der Waals surface area contributed by atoms with E-state index in [0.29, 0.717) is 11.8 Å². The lowest BCUT2D eigenvalue weighted by Gasteiger charge is -2.24. The van der Waals surface area contributed by atoms with E-state index in [1.54, 1.807) is 0 Å². The number of rotatable bonds is 4. The summed E-state index contributed by atoms with van der Waals surface area (Å²) in [5.41, 5.74) is 2.18. The SMILES string of the molecule is O=C(NC(c1ccccc1)c1ccccc1)NC1CC2C=CC1C2. The summed E-state index contributed by atoms with van der Waals surface area (Å²) >= 11 is 0. The minimum atomic E-state index is -0.137. The molecule has 1 fully saturated rings. The zero-order valence-electron chi connectivity index (χ0n) is 13.6. The lowest BCUT2D eigenvalue weighted by atomic mass is 9.98. The van der Waals surface area contributed by atoms with E-state index in [1.807, 2.05) is 36.4 Å². The van der Waals surface area contributed by atoms with Gasteiger partial charge in [-0.1, -0.05) is 72.8 Å². The lowest BCUT2D eigenvalue weighted by molar-refractivity contribution is 0.232. The molecule has 3 heteroatoms. The first kappa shape index (κ1) is 15.0. The second-order valence-electron chi connectivity index (χ2n) is 6.76. The van der Waals surface area contributed by atoms with Gasteiger partial charge in [0.05, 0.1) is 6.04 Å². The molecule has 2 aliphatic carbocycles. The molecule has 4 rings (SSSR count). The molecule has 1 saturated carbocycles. The van der Waals surface area contributed by atoms with Gasteiger partial charge >= 0.3 is 6.03 Å². The molecule has 2 N–H and O–H groups in total. The van der Waals surface area contributed by atoms with Crippen LogP contribution in [0, 0.1) is 11.8 Å². The molecule has 2 aliphatic rings. The molecule has 0 aliphatic heterocycles. The first-order valence-corrected chi connectivity index (χ1v) is 8.65. The number of carbonyl (C=O) groups is 1. The van der Waals surface area contributed by atoms with Crippen molar-refractivity contribution in [3.05, 3.63) is 83.9 Å². The number of hydrogen-bond acceptors (Lipinski definition) is 1. The lowest BCUT2D eigenvalue weighted by Crippen LogP contribution is -2.45. The van der Waals surface area contributed by atoms with Crippen LogP contribution in [0.2, 0.25) is 0 Å². The van der Waals surface area contributed by atoms with Gasteiger partial charge in [0.25, 0.3) is 0 Å². The van der Waals surface area contributed by atoms with E-state index in [9.17, 15) is 4.79 Å². The van der Waals surface area contributed by atoms with Crippen LogP contribution in [0.25, 0.3) is 0 Å². The molecule has 2 amide bonds. The van der Waals surface area contributed by atoms with Gasteiger partial charge in [-0.2, -0.15) is 0 Å². The Hall–Kier alpha value is -2.55. The van der Waals surface area contributed by atoms with Crippen molar-refractivity contribution in [2.24, 2.45) is 11.8 Å². The number of urea groups is 1. The molecular weight excluding hydrogens is 296 g/mol. The van der Waals surface area contributed by atoms with Crippen molar-refractivity contribution in [1.82, 2.24) is 10.6 Å². The molecule has 0 saturated heterocycles. The van der Waals surface area contributed by atoms with Gasteiger partial charge in [0, 0.05) is 6.04 Å². The quantitative estimate of drug-likeness (QED) is 0.821. The highest BCUT2D eigenvalue weighted by Crippen LogP contribution is 2.38. The molecule has 0 aromatic heterocycles. The van der Waals surface area contributed by atoms with E-state index in [1.165, 1.54) is 6.42 Å². The van der Waals surface area contributed by atoms with Crippen LogP contribution in [-0.4, -0.2) is 12.1 Å². The number of nitrogens with one attached hydrogen (secondary N) is 2. The van der Waals surface area contributed by atoms with Gasteiger partial charge < -0.3 is 10.6 Å². The Morgan fingerprint density at radius 2 is 1.50 bits per heavy atom. The Balaban J connectivity index is 1.49. The summed E-state index contributed by atoms with van der Waals surface area (Å²) in [6.45, 7) is 0. The normalized spacial score (nSPS) is 24.3. The fraction of sp³-hybridized carbons (Fsp3) is 0.286. The maximum atomic E-state index is 12.6. The van der Waals surface area contributed by atoms with Crippen molar-refractivity contribution in [1.29, 1.82) is 0 Å². The number of amides is 2. The molecule has 0 radical (unpaired) electrons. The molecule has 3 unspecified atom stereocenters. The summed E-state index contributed by atoms with van der Waals surface area (Å²) < 4.78 is 0. The van der Waals surface area contributed by atoms with Crippen LogP contribution in [0.3, 0.4) is 0 Å². The predicted octanol–water partition coefficient (Wildman–Crippen LogP) is 4.04. The van der Waals surface area contributed by atoms with Crippen LogP contribution in [0.4, 0.5) is 4.79 Å². The molecular formula is C21H22N2O. The third-order valence-corrected chi connectivity index (χ3v) is 5.14. The zero-order valence-corrected chi connectivity index (χ0v) is 13.6. The summed E-state index contributed by atoms with van der Waals surface area (Å²) in [5, 5.41) is 6.34. The van der Waals surface area contributed by atoms with Crippen LogP contribution >= 0.6 is 0 Å². The summed E-state index contributed by atoms with van der Waals surface area (Å²) in [6.07, 6.45) is 6.80. The summed E-state index contributed by atoms with van der Waals surface area (Å²) in [6, 6.07) is 20.3. The Labute approximate surface area is 142 Å². The highest BCUT2D eigenvalue weighted by atomic mass is 16.2. The minimum absolute atomic E-state index is 0.0846. The smallest absolute Gasteiger partial charge is 0.315 e. The molecule has 3 nitrogen and oxygen atoms in total. The number of hydrogen-bond donors (Lipinski definition) is 2. The maximum absolute atomic E-state index is 12.6. The first-order chi connectivity index (χ1) is 11.8. The average molecular weight is 318 g/mol. The van der Waals surface area contributed by atoms with Crippen molar-refractivity contribution in [3.8, 4) is 0 Å². The van der Waals surface area contributed by atoms with Gasteiger partial charge in [0.1, 0.15) is 0 Å². The summed E-state index contributed by atoms with van der Waals surface area (Å²) in [4.78, 5) is 12.6. The fourth-order valence-corrected chi connectivity index (χ4v) is 3.94. The summed E-state index contributed by atoms with van der Waals surface area (Å²) in [7, 11) is 0. The van der Waals surface area contributed by atoms with Crippen molar-refractivity contribution in [2.45, 2.75) is 24.9 Å². The first-order valence-electron chi connectivity index (χ1n) is 8.65. The Morgan fingerprint density at radius 1 is 0.875 bits per heavy atom. The third kappa shape index (κ3) is 3.07. The van der Waals surface area contributed by atoms with Crippen molar-refractivity contribution in [3.63, 3.8) is 0 Å². The van der Waals surface area contributed by atoms with E-state index >= 15 is 0 Å².